The van der Waals surface area contributed by atoms with E-state index in [1.165, 1.54) is 13.2 Å². The number of hydrogen-bond donors (Lipinski definition) is 0. The van der Waals surface area contributed by atoms with Gasteiger partial charge in [0.25, 0.3) is 0 Å². The van der Waals surface area contributed by atoms with Crippen molar-refractivity contribution in [1.29, 1.82) is 0 Å². The minimum atomic E-state index is -10.7. The molecule has 0 saturated carbocycles. The molecule has 5 rings (SSSR count). The number of anilines is 3. The Hall–Kier alpha value is -4.52. The summed E-state index contributed by atoms with van der Waals surface area (Å²) in [5.74, 6) is 1.94. The number of ether oxygens (including phenoxy) is 5. The number of benzene rings is 4. The summed E-state index contributed by atoms with van der Waals surface area (Å²) >= 11 is 0. The Morgan fingerprint density at radius 1 is 0.511 bits per heavy atom. The normalized spacial score (nSPS) is 14.4. The van der Waals surface area contributed by atoms with Crippen molar-refractivity contribution >= 4 is 24.9 Å². The third-order valence-electron chi connectivity index (χ3n) is 7.09. The molecule has 4 aromatic rings. The van der Waals surface area contributed by atoms with E-state index in [1.807, 2.05) is 42.5 Å². The van der Waals surface area contributed by atoms with Crippen molar-refractivity contribution in [2.45, 2.75) is 12.1 Å². The molecule has 0 aliphatic carbocycles. The third kappa shape index (κ3) is 7.90. The molecule has 6 nitrogen and oxygen atoms in total. The first-order valence-corrected chi connectivity index (χ1v) is 15.4. The van der Waals surface area contributed by atoms with E-state index in [-0.39, 0.29) is 11.4 Å². The van der Waals surface area contributed by atoms with Crippen LogP contribution in [0.1, 0.15) is 28.2 Å². The second-order valence-electron chi connectivity index (χ2n) is 9.97. The molecule has 1 aliphatic rings. The molecule has 0 spiro atoms. The van der Waals surface area contributed by atoms with Crippen molar-refractivity contribution in [3.8, 4) is 28.7 Å². The van der Waals surface area contributed by atoms with E-state index in [0.29, 0.717) is 45.5 Å². The maximum atomic E-state index is 13.9. The van der Waals surface area contributed by atoms with Crippen LogP contribution in [0.2, 0.25) is 0 Å². The van der Waals surface area contributed by atoms with E-state index in [1.54, 1.807) is 45.5 Å². The number of halogens is 9. The Balaban J connectivity index is 0.000000644. The number of alkyl halides is 3. The van der Waals surface area contributed by atoms with Gasteiger partial charge in [-0.05, 0) is 54.6 Å². The van der Waals surface area contributed by atoms with Gasteiger partial charge in [0.1, 0.15) is 28.7 Å². The van der Waals surface area contributed by atoms with Crippen LogP contribution in [-0.2, 0) is 6.18 Å². The zero-order chi connectivity index (χ0) is 35.0. The molecule has 47 heavy (non-hydrogen) atoms. The molecular formula is C31H28F9NO5P-. The first-order valence-electron chi connectivity index (χ1n) is 13.4. The zero-order valence-corrected chi connectivity index (χ0v) is 26.2. The molecule has 0 saturated heterocycles. The monoisotopic (exact) mass is 696 g/mol. The van der Waals surface area contributed by atoms with Crippen molar-refractivity contribution in [3.63, 3.8) is 0 Å². The van der Waals surface area contributed by atoms with E-state index >= 15 is 0 Å². The van der Waals surface area contributed by atoms with Crippen LogP contribution in [0.15, 0.2) is 72.8 Å². The van der Waals surface area contributed by atoms with Crippen molar-refractivity contribution in [1.82, 2.24) is 0 Å². The molecule has 0 bridgehead atoms. The van der Waals surface area contributed by atoms with E-state index in [4.69, 9.17) is 23.7 Å². The van der Waals surface area contributed by atoms with Crippen molar-refractivity contribution < 1.29 is 62.0 Å². The molecule has 1 heterocycles. The number of fused-ring (bicyclic) bond motifs is 2. The fraction of sp³-hybridized carbons (Fsp3) is 0.226. The number of methoxy groups -OCH3 is 5. The predicted octanol–water partition coefficient (Wildman–Crippen LogP) is 11.1. The summed E-state index contributed by atoms with van der Waals surface area (Å²) in [4.78, 5) is 1.75. The van der Waals surface area contributed by atoms with Crippen molar-refractivity contribution in [2.75, 3.05) is 40.4 Å². The van der Waals surface area contributed by atoms with E-state index in [2.05, 4.69) is 0 Å². The molecule has 0 atom stereocenters. The van der Waals surface area contributed by atoms with Gasteiger partial charge in [0.2, 0.25) is 0 Å². The fourth-order valence-electron chi connectivity index (χ4n) is 5.42. The summed E-state index contributed by atoms with van der Waals surface area (Å²) in [5.41, 5.74) is 2.75. The second-order valence-corrected chi connectivity index (χ2v) is 11.9. The van der Waals surface area contributed by atoms with Gasteiger partial charge in [-0.15, -0.1) is 0 Å². The second kappa shape index (κ2) is 11.9. The average molecular weight is 697 g/mol. The average Bonchev–Trinajstić information content (AvgIpc) is 3.00. The molecule has 0 aromatic heterocycles. The molecule has 0 unspecified atom stereocenters. The van der Waals surface area contributed by atoms with Crippen LogP contribution < -0.4 is 28.6 Å². The standard InChI is InChI=1S/C31H28F3NO5.F6P/c1-36-22-16-15-18(31(32,33)34)17-21(22)35-19-9-6-11-23(37-2)27(19)30(28-20(35)10-7-12-24(28)38-3)29-25(39-4)13-8-14-26(29)40-5;1-7(2,3,4,5)6/h6-17,30H,1-5H3;/q;-1. The maximum absolute atomic E-state index is 13.9. The summed E-state index contributed by atoms with van der Waals surface area (Å²) in [6.45, 7) is 0. The Morgan fingerprint density at radius 2 is 0.872 bits per heavy atom. The topological polar surface area (TPSA) is 49.4 Å². The number of hydrogen-bond acceptors (Lipinski definition) is 6. The van der Waals surface area contributed by atoms with Gasteiger partial charge in [-0.2, -0.15) is 13.2 Å². The molecule has 0 N–H and O–H groups in total. The van der Waals surface area contributed by atoms with Crippen molar-refractivity contribution in [2.24, 2.45) is 0 Å². The quantitative estimate of drug-likeness (QED) is 0.125. The SMILES string of the molecule is COc1ccc(C(F)(F)F)cc1N1c2cccc(OC)c2C(c2c(OC)cccc2OC)c2c(OC)cccc21.F[P-](F)(F)(F)(F)F. The van der Waals surface area contributed by atoms with E-state index in [0.717, 1.165) is 17.7 Å². The van der Waals surface area contributed by atoms with Gasteiger partial charge in [0.05, 0.1) is 64.1 Å². The fourth-order valence-corrected chi connectivity index (χ4v) is 5.42. The number of nitrogens with zero attached hydrogens (tertiary/aromatic N) is 1. The van der Waals surface area contributed by atoms with Crippen LogP contribution in [0, 0.1) is 0 Å². The molecular weight excluding hydrogens is 668 g/mol. The number of rotatable bonds is 7. The van der Waals surface area contributed by atoms with Gasteiger partial charge in [-0.1, -0.05) is 18.2 Å². The van der Waals surface area contributed by atoms with Crippen LogP contribution >= 0.6 is 7.81 Å². The summed E-state index contributed by atoms with van der Waals surface area (Å²) in [6, 6.07) is 19.8. The zero-order valence-electron chi connectivity index (χ0n) is 25.3. The Labute approximate surface area is 263 Å². The molecule has 16 heteroatoms. The molecule has 256 valence electrons. The summed E-state index contributed by atoms with van der Waals surface area (Å²) in [6.07, 6.45) is -4.56. The van der Waals surface area contributed by atoms with Crippen LogP contribution in [0.3, 0.4) is 0 Å². The minimum absolute atomic E-state index is 0.215. The van der Waals surface area contributed by atoms with Gasteiger partial charge in [0.15, 0.2) is 0 Å². The molecule has 0 fully saturated rings. The molecule has 4 aromatic carbocycles. The molecule has 1 aliphatic heterocycles. The van der Waals surface area contributed by atoms with Crippen LogP contribution in [0.4, 0.5) is 55.4 Å². The van der Waals surface area contributed by atoms with Crippen LogP contribution in [0.5, 0.6) is 28.7 Å². The first-order chi connectivity index (χ1) is 21.7. The summed E-state index contributed by atoms with van der Waals surface area (Å²) in [7, 11) is -2.97. The van der Waals surface area contributed by atoms with Gasteiger partial charge in [-0.25, -0.2) is 0 Å². The molecule has 0 amide bonds. The Kier molecular flexibility index (Phi) is 8.97. The summed E-state index contributed by atoms with van der Waals surface area (Å²) in [5, 5.41) is 0. The van der Waals surface area contributed by atoms with E-state index < -0.39 is 25.5 Å². The van der Waals surface area contributed by atoms with E-state index in [9.17, 15) is 38.4 Å². The van der Waals surface area contributed by atoms with Gasteiger partial charge in [-0.3, -0.25) is 0 Å². The Bertz CT molecular complexity index is 1690. The predicted molar refractivity (Wildman–Crippen MR) is 160 cm³/mol. The van der Waals surface area contributed by atoms with Crippen LogP contribution in [0.25, 0.3) is 0 Å². The summed E-state index contributed by atoms with van der Waals surface area (Å²) < 4.78 is 130. The van der Waals surface area contributed by atoms with Gasteiger partial charge in [0, 0.05) is 16.7 Å². The van der Waals surface area contributed by atoms with Gasteiger partial charge < -0.3 is 28.6 Å². The van der Waals surface area contributed by atoms with Gasteiger partial charge >= 0.3 is 39.2 Å². The third-order valence-corrected chi connectivity index (χ3v) is 7.09. The Morgan fingerprint density at radius 3 is 1.23 bits per heavy atom. The molecule has 0 radical (unpaired) electrons. The van der Waals surface area contributed by atoms with Crippen molar-refractivity contribution in [3.05, 3.63) is 95.1 Å². The first kappa shape index (κ1) is 35.3. The van der Waals surface area contributed by atoms with Crippen LogP contribution in [-0.4, -0.2) is 35.5 Å².